The van der Waals surface area contributed by atoms with E-state index < -0.39 is 12.7 Å². The van der Waals surface area contributed by atoms with Crippen LogP contribution in [0.2, 0.25) is 0 Å². The molecular weight excluding hydrogens is 253 g/mol. The van der Waals surface area contributed by atoms with Gasteiger partial charge in [-0.1, -0.05) is 26.2 Å². The van der Waals surface area contributed by atoms with E-state index >= 15 is 0 Å². The van der Waals surface area contributed by atoms with E-state index in [4.69, 9.17) is 5.73 Å². The molecule has 0 heterocycles. The number of hydrogen-bond acceptors (Lipinski definition) is 2. The molecule has 0 radical (unpaired) electrons. The predicted octanol–water partition coefficient (Wildman–Crippen LogP) is 3.56. The van der Waals surface area contributed by atoms with Crippen molar-refractivity contribution in [2.24, 2.45) is 11.1 Å². The topological polar surface area (TPSA) is 29.3 Å². The van der Waals surface area contributed by atoms with Gasteiger partial charge >= 0.3 is 6.18 Å². The lowest BCUT2D eigenvalue weighted by Gasteiger charge is -2.38. The van der Waals surface area contributed by atoms with Gasteiger partial charge in [-0.2, -0.15) is 13.2 Å². The van der Waals surface area contributed by atoms with E-state index in [1.54, 1.807) is 0 Å². The van der Waals surface area contributed by atoms with Crippen LogP contribution in [0, 0.1) is 5.41 Å². The molecule has 2 nitrogen and oxygen atoms in total. The number of alkyl halides is 3. The summed E-state index contributed by atoms with van der Waals surface area (Å²) in [5.41, 5.74) is 5.98. The van der Waals surface area contributed by atoms with E-state index in [0.29, 0.717) is 19.6 Å². The van der Waals surface area contributed by atoms with Crippen molar-refractivity contribution in [3.8, 4) is 0 Å². The van der Waals surface area contributed by atoms with Crippen molar-refractivity contribution in [3.05, 3.63) is 0 Å². The van der Waals surface area contributed by atoms with Gasteiger partial charge in [-0.15, -0.1) is 0 Å². The van der Waals surface area contributed by atoms with Gasteiger partial charge < -0.3 is 5.73 Å². The van der Waals surface area contributed by atoms with Crippen LogP contribution in [0.25, 0.3) is 0 Å². The molecule has 0 spiro atoms. The average molecular weight is 280 g/mol. The highest BCUT2D eigenvalue weighted by Gasteiger charge is 2.34. The van der Waals surface area contributed by atoms with E-state index in [9.17, 15) is 13.2 Å². The van der Waals surface area contributed by atoms with Crippen LogP contribution in [0.5, 0.6) is 0 Å². The molecule has 0 atom stereocenters. The standard InChI is InChI=1S/C14H27F3N2/c1-2-9-19(12-14(15,16)17)10-8-13(11-18)6-4-3-5-7-13/h2-12,18H2,1H3. The fourth-order valence-electron chi connectivity index (χ4n) is 3.09. The van der Waals surface area contributed by atoms with E-state index in [2.05, 4.69) is 0 Å². The SMILES string of the molecule is CCCN(CCC1(CN)CCCCC1)CC(F)(F)F. The van der Waals surface area contributed by atoms with Gasteiger partial charge in [0.15, 0.2) is 0 Å². The highest BCUT2D eigenvalue weighted by atomic mass is 19.4. The van der Waals surface area contributed by atoms with Crippen LogP contribution in [0.15, 0.2) is 0 Å². The Balaban J connectivity index is 2.49. The first-order valence-corrected chi connectivity index (χ1v) is 7.40. The lowest BCUT2D eigenvalue weighted by molar-refractivity contribution is -0.146. The monoisotopic (exact) mass is 280 g/mol. The third-order valence-corrected chi connectivity index (χ3v) is 4.25. The molecule has 1 aliphatic rings. The van der Waals surface area contributed by atoms with Crippen molar-refractivity contribution in [3.63, 3.8) is 0 Å². The maximum absolute atomic E-state index is 12.5. The minimum absolute atomic E-state index is 0.0931. The zero-order chi connectivity index (χ0) is 14.4. The highest BCUT2D eigenvalue weighted by molar-refractivity contribution is 4.85. The summed E-state index contributed by atoms with van der Waals surface area (Å²) in [6.45, 7) is 2.77. The molecule has 1 fully saturated rings. The lowest BCUT2D eigenvalue weighted by atomic mass is 9.72. The first-order chi connectivity index (χ1) is 8.91. The Morgan fingerprint density at radius 1 is 1.11 bits per heavy atom. The van der Waals surface area contributed by atoms with Gasteiger partial charge in [-0.3, -0.25) is 4.90 Å². The molecule has 2 N–H and O–H groups in total. The molecule has 1 aliphatic carbocycles. The number of nitrogens with two attached hydrogens (primary N) is 1. The van der Waals surface area contributed by atoms with Gasteiger partial charge in [0.1, 0.15) is 0 Å². The largest absolute Gasteiger partial charge is 0.401 e. The Bertz CT molecular complexity index is 248. The molecule has 1 rings (SSSR count). The predicted molar refractivity (Wildman–Crippen MR) is 72.0 cm³/mol. The maximum Gasteiger partial charge on any atom is 0.401 e. The second-order valence-corrected chi connectivity index (χ2v) is 5.91. The molecular formula is C14H27F3N2. The Labute approximate surface area is 114 Å². The van der Waals surface area contributed by atoms with E-state index in [0.717, 1.165) is 25.7 Å². The number of halogens is 3. The van der Waals surface area contributed by atoms with Crippen molar-refractivity contribution in [2.75, 3.05) is 26.2 Å². The molecule has 114 valence electrons. The normalized spacial score (nSPS) is 19.9. The fourth-order valence-corrected chi connectivity index (χ4v) is 3.09. The molecule has 0 aliphatic heterocycles. The zero-order valence-corrected chi connectivity index (χ0v) is 11.9. The smallest absolute Gasteiger partial charge is 0.330 e. The van der Waals surface area contributed by atoms with Crippen LogP contribution in [-0.2, 0) is 0 Å². The quantitative estimate of drug-likeness (QED) is 0.772. The molecule has 0 saturated heterocycles. The minimum atomic E-state index is -4.10. The molecule has 0 unspecified atom stereocenters. The Kier molecular flexibility index (Phi) is 6.60. The van der Waals surface area contributed by atoms with Crippen LogP contribution >= 0.6 is 0 Å². The Morgan fingerprint density at radius 3 is 2.21 bits per heavy atom. The van der Waals surface area contributed by atoms with Gasteiger partial charge in [0.2, 0.25) is 0 Å². The van der Waals surface area contributed by atoms with Gasteiger partial charge in [-0.25, -0.2) is 0 Å². The van der Waals surface area contributed by atoms with Gasteiger partial charge in [0.05, 0.1) is 6.54 Å². The van der Waals surface area contributed by atoms with Gasteiger partial charge in [0.25, 0.3) is 0 Å². The van der Waals surface area contributed by atoms with Crippen LogP contribution in [-0.4, -0.2) is 37.3 Å². The summed E-state index contributed by atoms with van der Waals surface area (Å²) in [6.07, 6.45) is 3.20. The zero-order valence-electron chi connectivity index (χ0n) is 11.9. The summed E-state index contributed by atoms with van der Waals surface area (Å²) < 4.78 is 37.5. The maximum atomic E-state index is 12.5. The van der Waals surface area contributed by atoms with Crippen LogP contribution in [0.4, 0.5) is 13.2 Å². The van der Waals surface area contributed by atoms with Crippen molar-refractivity contribution >= 4 is 0 Å². The average Bonchev–Trinajstić information content (AvgIpc) is 2.36. The summed E-state index contributed by atoms with van der Waals surface area (Å²) in [4.78, 5) is 1.53. The summed E-state index contributed by atoms with van der Waals surface area (Å²) in [5, 5.41) is 0. The molecule has 5 heteroatoms. The fraction of sp³-hybridized carbons (Fsp3) is 1.00. The van der Waals surface area contributed by atoms with E-state index in [-0.39, 0.29) is 5.41 Å². The highest BCUT2D eigenvalue weighted by Crippen LogP contribution is 2.38. The summed E-state index contributed by atoms with van der Waals surface area (Å²) in [7, 11) is 0. The first-order valence-electron chi connectivity index (χ1n) is 7.40. The summed E-state index contributed by atoms with van der Waals surface area (Å²) in [5.74, 6) is 0. The Morgan fingerprint density at radius 2 is 1.74 bits per heavy atom. The van der Waals surface area contributed by atoms with Crippen LogP contribution < -0.4 is 5.73 Å². The number of rotatable bonds is 7. The van der Waals surface area contributed by atoms with Crippen molar-refractivity contribution in [1.29, 1.82) is 0 Å². The second kappa shape index (κ2) is 7.48. The second-order valence-electron chi connectivity index (χ2n) is 5.91. The number of nitrogens with zero attached hydrogens (tertiary/aromatic N) is 1. The van der Waals surface area contributed by atoms with Crippen molar-refractivity contribution in [2.45, 2.75) is 58.0 Å². The molecule has 1 saturated carbocycles. The van der Waals surface area contributed by atoms with Gasteiger partial charge in [0, 0.05) is 0 Å². The van der Waals surface area contributed by atoms with Crippen molar-refractivity contribution in [1.82, 2.24) is 4.90 Å². The molecule has 0 amide bonds. The van der Waals surface area contributed by atoms with E-state index in [1.807, 2.05) is 6.92 Å². The summed E-state index contributed by atoms with van der Waals surface area (Å²) in [6, 6.07) is 0. The van der Waals surface area contributed by atoms with Crippen LogP contribution in [0.1, 0.15) is 51.9 Å². The first kappa shape index (κ1) is 16.8. The van der Waals surface area contributed by atoms with E-state index in [1.165, 1.54) is 24.2 Å². The molecule has 19 heavy (non-hydrogen) atoms. The molecule has 0 bridgehead atoms. The third kappa shape index (κ3) is 6.13. The Hall–Kier alpha value is -0.290. The van der Waals surface area contributed by atoms with Gasteiger partial charge in [-0.05, 0) is 50.7 Å². The molecule has 0 aromatic heterocycles. The van der Waals surface area contributed by atoms with Crippen molar-refractivity contribution < 1.29 is 13.2 Å². The lowest BCUT2D eigenvalue weighted by Crippen LogP contribution is -2.40. The van der Waals surface area contributed by atoms with Crippen LogP contribution in [0.3, 0.4) is 0 Å². The number of hydrogen-bond donors (Lipinski definition) is 1. The summed E-state index contributed by atoms with van der Waals surface area (Å²) >= 11 is 0. The third-order valence-electron chi connectivity index (χ3n) is 4.25. The molecule has 0 aromatic carbocycles. The molecule has 0 aromatic rings. The minimum Gasteiger partial charge on any atom is -0.330 e.